The van der Waals surface area contributed by atoms with Crippen molar-refractivity contribution < 1.29 is 23.9 Å². The number of nitrogens with one attached hydrogen (secondary N) is 1. The van der Waals surface area contributed by atoms with Crippen LogP contribution in [0.15, 0.2) is 55.1 Å². The minimum Gasteiger partial charge on any atom is -0.462 e. The Balaban J connectivity index is 1.66. The van der Waals surface area contributed by atoms with Crippen molar-refractivity contribution >= 4 is 41.0 Å². The zero-order chi connectivity index (χ0) is 28.2. The highest BCUT2D eigenvalue weighted by Gasteiger charge is 2.53. The fourth-order valence-corrected chi connectivity index (χ4v) is 6.53. The van der Waals surface area contributed by atoms with Crippen LogP contribution in [0.1, 0.15) is 44.2 Å². The summed E-state index contributed by atoms with van der Waals surface area (Å²) < 4.78 is 11.3. The van der Waals surface area contributed by atoms with E-state index in [1.165, 1.54) is 13.8 Å². The maximum atomic E-state index is 13.1. The molecule has 208 valence electrons. The Bertz CT molecular complexity index is 1250. The molecule has 2 aliphatic rings. The summed E-state index contributed by atoms with van der Waals surface area (Å²) in [6.45, 7) is 8.94. The molecule has 9 heteroatoms. The minimum absolute atomic E-state index is 0.0223. The molecule has 1 aliphatic heterocycles. The number of amides is 1. The maximum absolute atomic E-state index is 13.1. The van der Waals surface area contributed by atoms with Gasteiger partial charge in [0.25, 0.3) is 0 Å². The number of carbonyl (C=O) groups is 3. The molecule has 1 heterocycles. The minimum atomic E-state index is -0.409. The van der Waals surface area contributed by atoms with Gasteiger partial charge in [-0.2, -0.15) is 0 Å². The van der Waals surface area contributed by atoms with E-state index in [1.54, 1.807) is 24.3 Å². The fraction of sp³-hybridized carbons (Fsp3) is 0.433. The van der Waals surface area contributed by atoms with Crippen LogP contribution >= 0.6 is 23.2 Å². The van der Waals surface area contributed by atoms with Crippen molar-refractivity contribution in [2.75, 3.05) is 19.6 Å². The van der Waals surface area contributed by atoms with E-state index in [9.17, 15) is 14.4 Å². The number of hydrogen-bond donors (Lipinski definition) is 1. The second-order valence-electron chi connectivity index (χ2n) is 10.5. The Morgan fingerprint density at radius 3 is 2.62 bits per heavy atom. The smallest absolute Gasteiger partial charge is 0.308 e. The van der Waals surface area contributed by atoms with E-state index in [2.05, 4.69) is 16.8 Å². The van der Waals surface area contributed by atoms with Crippen LogP contribution in [0, 0.1) is 5.92 Å². The molecular weight excluding hydrogens is 539 g/mol. The first kappa shape index (κ1) is 29.1. The van der Waals surface area contributed by atoms with E-state index >= 15 is 0 Å². The highest BCUT2D eigenvalue weighted by molar-refractivity contribution is 6.42. The van der Waals surface area contributed by atoms with Gasteiger partial charge in [0, 0.05) is 50.7 Å². The fourth-order valence-electron chi connectivity index (χ4n) is 6.21. The SMILES string of the molecule is C=CCN1CC[C@@]2(c3cccc(OC(C)=O)c3)C[C@@H](NC(=O)Cc3ccc(Cl)c(Cl)c3)CC(OC(C)=O)[C@@H]2C1. The molecule has 7 nitrogen and oxygen atoms in total. The normalized spacial score (nSPS) is 24.8. The van der Waals surface area contributed by atoms with Crippen molar-refractivity contribution in [3.63, 3.8) is 0 Å². The van der Waals surface area contributed by atoms with Crippen molar-refractivity contribution in [1.82, 2.24) is 10.2 Å². The standard InChI is InChI=1S/C30H34Cl2N2O5/c1-4-11-34-12-10-30(22-6-5-7-24(15-22)38-19(2)35)17-23(16-28(25(30)18-34)39-20(3)36)33-29(37)14-21-8-9-26(31)27(32)13-21/h4-9,13,15,23,25,28H,1,10-12,14,16-18H2,2-3H3,(H,33,37)/t23-,25-,28?,30-/m0/s1. The van der Waals surface area contributed by atoms with E-state index in [4.69, 9.17) is 32.7 Å². The Labute approximate surface area is 239 Å². The second kappa shape index (κ2) is 12.5. The van der Waals surface area contributed by atoms with Gasteiger partial charge in [-0.1, -0.05) is 47.5 Å². The first-order chi connectivity index (χ1) is 18.6. The van der Waals surface area contributed by atoms with Gasteiger partial charge >= 0.3 is 11.9 Å². The average molecular weight is 574 g/mol. The number of halogens is 2. The van der Waals surface area contributed by atoms with Gasteiger partial charge < -0.3 is 14.8 Å². The van der Waals surface area contributed by atoms with Crippen molar-refractivity contribution in [1.29, 1.82) is 0 Å². The van der Waals surface area contributed by atoms with Crippen LogP contribution in [0.2, 0.25) is 10.0 Å². The number of hydrogen-bond acceptors (Lipinski definition) is 6. The number of esters is 2. The van der Waals surface area contributed by atoms with Gasteiger partial charge in [-0.15, -0.1) is 6.58 Å². The molecule has 0 radical (unpaired) electrons. The molecule has 2 aromatic carbocycles. The van der Waals surface area contributed by atoms with Crippen LogP contribution in [-0.2, 0) is 31.0 Å². The maximum Gasteiger partial charge on any atom is 0.308 e. The molecule has 4 atom stereocenters. The largest absolute Gasteiger partial charge is 0.462 e. The van der Waals surface area contributed by atoms with Gasteiger partial charge in [-0.05, 0) is 54.8 Å². The van der Waals surface area contributed by atoms with Gasteiger partial charge in [0.1, 0.15) is 11.9 Å². The molecule has 1 amide bonds. The van der Waals surface area contributed by atoms with Gasteiger partial charge in [0.2, 0.25) is 5.91 Å². The quantitative estimate of drug-likeness (QED) is 0.268. The van der Waals surface area contributed by atoms with E-state index in [0.29, 0.717) is 35.2 Å². The van der Waals surface area contributed by atoms with Crippen molar-refractivity contribution in [3.8, 4) is 5.75 Å². The van der Waals surface area contributed by atoms with Crippen LogP contribution in [-0.4, -0.2) is 54.5 Å². The summed E-state index contributed by atoms with van der Waals surface area (Å²) in [4.78, 5) is 39.4. The summed E-state index contributed by atoms with van der Waals surface area (Å²) >= 11 is 12.2. The first-order valence-corrected chi connectivity index (χ1v) is 13.9. The molecule has 1 saturated heterocycles. The second-order valence-corrected chi connectivity index (χ2v) is 11.3. The monoisotopic (exact) mass is 572 g/mol. The first-order valence-electron chi connectivity index (χ1n) is 13.1. The molecule has 39 heavy (non-hydrogen) atoms. The lowest BCUT2D eigenvalue weighted by molar-refractivity contribution is -0.157. The number of nitrogens with zero attached hydrogens (tertiary/aromatic N) is 1. The Kier molecular flexibility index (Phi) is 9.36. The van der Waals surface area contributed by atoms with Crippen LogP contribution in [0.3, 0.4) is 0 Å². The van der Waals surface area contributed by atoms with Gasteiger partial charge in [0.05, 0.1) is 16.5 Å². The van der Waals surface area contributed by atoms with Crippen LogP contribution in [0.5, 0.6) is 5.75 Å². The third-order valence-corrected chi connectivity index (χ3v) is 8.44. The predicted octanol–water partition coefficient (Wildman–Crippen LogP) is 5.12. The molecule has 2 fully saturated rings. The Hall–Kier alpha value is -2.87. The third kappa shape index (κ3) is 7.02. The summed E-state index contributed by atoms with van der Waals surface area (Å²) in [5, 5.41) is 4.03. The number of likely N-dealkylation sites (tertiary alicyclic amines) is 1. The molecule has 4 rings (SSSR count). The lowest BCUT2D eigenvalue weighted by atomic mass is 9.57. The summed E-state index contributed by atoms with van der Waals surface area (Å²) in [7, 11) is 0. The molecule has 1 unspecified atom stereocenters. The number of fused-ring (bicyclic) bond motifs is 1. The number of benzene rings is 2. The lowest BCUT2D eigenvalue weighted by Gasteiger charge is -2.55. The van der Waals surface area contributed by atoms with Crippen LogP contribution in [0.4, 0.5) is 0 Å². The number of piperidine rings is 1. The summed E-state index contributed by atoms with van der Waals surface area (Å²) in [5.41, 5.74) is 1.35. The van der Waals surface area contributed by atoms with E-state index in [1.807, 2.05) is 24.3 Å². The topological polar surface area (TPSA) is 84.9 Å². The van der Waals surface area contributed by atoms with Crippen LogP contribution in [0.25, 0.3) is 0 Å². The molecule has 2 aromatic rings. The molecule has 1 N–H and O–H groups in total. The van der Waals surface area contributed by atoms with E-state index < -0.39 is 17.5 Å². The Morgan fingerprint density at radius 2 is 1.92 bits per heavy atom. The number of carbonyl (C=O) groups excluding carboxylic acids is 3. The van der Waals surface area contributed by atoms with Gasteiger partial charge in [-0.25, -0.2) is 0 Å². The third-order valence-electron chi connectivity index (χ3n) is 7.70. The van der Waals surface area contributed by atoms with Gasteiger partial charge in [-0.3, -0.25) is 19.3 Å². The van der Waals surface area contributed by atoms with Crippen LogP contribution < -0.4 is 10.1 Å². The zero-order valence-electron chi connectivity index (χ0n) is 22.3. The lowest BCUT2D eigenvalue weighted by Crippen LogP contribution is -2.61. The summed E-state index contributed by atoms with van der Waals surface area (Å²) in [6, 6.07) is 12.5. The molecular formula is C30H34Cl2N2O5. The van der Waals surface area contributed by atoms with E-state index in [0.717, 1.165) is 30.6 Å². The number of ether oxygens (including phenoxy) is 2. The molecule has 1 saturated carbocycles. The molecule has 1 aliphatic carbocycles. The molecule has 0 spiro atoms. The molecule has 0 bridgehead atoms. The number of rotatable bonds is 8. The van der Waals surface area contributed by atoms with Gasteiger partial charge in [0.15, 0.2) is 0 Å². The van der Waals surface area contributed by atoms with E-state index in [-0.39, 0.29) is 30.3 Å². The average Bonchev–Trinajstić information content (AvgIpc) is 2.86. The predicted molar refractivity (Wildman–Crippen MR) is 151 cm³/mol. The highest BCUT2D eigenvalue weighted by atomic mass is 35.5. The summed E-state index contributed by atoms with van der Waals surface area (Å²) in [6.07, 6.45) is 3.57. The summed E-state index contributed by atoms with van der Waals surface area (Å²) in [5.74, 6) is -0.448. The Morgan fingerprint density at radius 1 is 1.13 bits per heavy atom. The molecule has 0 aromatic heterocycles. The van der Waals surface area contributed by atoms with Crippen molar-refractivity contribution in [2.24, 2.45) is 5.92 Å². The van der Waals surface area contributed by atoms with Crippen molar-refractivity contribution in [2.45, 2.75) is 57.1 Å². The zero-order valence-corrected chi connectivity index (χ0v) is 23.8. The highest BCUT2D eigenvalue weighted by Crippen LogP contribution is 2.50. The van der Waals surface area contributed by atoms with Crippen molar-refractivity contribution in [3.05, 3.63) is 76.3 Å².